The van der Waals surface area contributed by atoms with Gasteiger partial charge in [0.25, 0.3) is 0 Å². The second kappa shape index (κ2) is 4.89. The van der Waals surface area contributed by atoms with Crippen molar-refractivity contribution in [1.29, 1.82) is 0 Å². The number of aromatic amines is 1. The minimum absolute atomic E-state index is 0.0523. The molecule has 100 valence electrons. The number of nitrogens with zero attached hydrogens (tertiary/aromatic N) is 4. The van der Waals surface area contributed by atoms with Gasteiger partial charge in [0, 0.05) is 10.0 Å². The molecule has 0 aliphatic heterocycles. The lowest BCUT2D eigenvalue weighted by Crippen LogP contribution is -1.95. The second-order valence-corrected chi connectivity index (χ2v) is 4.83. The Labute approximate surface area is 121 Å². The molecule has 1 aromatic carbocycles. The molecule has 0 saturated carbocycles. The smallest absolute Gasteiger partial charge is 0.353 e. The third-order valence-electron chi connectivity index (χ3n) is 2.72. The van der Waals surface area contributed by atoms with E-state index in [0.717, 1.165) is 15.7 Å². The Morgan fingerprint density at radius 1 is 1.35 bits per heavy atom. The minimum Gasteiger partial charge on any atom is -0.477 e. The molecule has 0 aliphatic carbocycles. The Morgan fingerprint density at radius 3 is 2.80 bits per heavy atom. The van der Waals surface area contributed by atoms with Gasteiger partial charge in [-0.25, -0.2) is 14.5 Å². The number of carboxylic acids is 1. The molecule has 3 rings (SSSR count). The zero-order valence-corrected chi connectivity index (χ0v) is 11.6. The van der Waals surface area contributed by atoms with Crippen LogP contribution in [0.3, 0.4) is 0 Å². The highest BCUT2D eigenvalue weighted by Crippen LogP contribution is 2.27. The van der Waals surface area contributed by atoms with Crippen molar-refractivity contribution >= 4 is 21.9 Å². The van der Waals surface area contributed by atoms with Crippen LogP contribution < -0.4 is 0 Å². The number of aromatic carboxylic acids is 1. The molecule has 7 nitrogen and oxygen atoms in total. The SMILES string of the molecule is O=C(O)c1cc(-c2ccc(-n3cncn3)c(Br)c2)n[nH]1. The van der Waals surface area contributed by atoms with Crippen molar-refractivity contribution in [3.8, 4) is 16.9 Å². The molecule has 2 aromatic heterocycles. The molecule has 0 spiro atoms. The van der Waals surface area contributed by atoms with Gasteiger partial charge < -0.3 is 5.11 Å². The maximum atomic E-state index is 10.8. The van der Waals surface area contributed by atoms with Crippen LogP contribution in [0.15, 0.2) is 41.4 Å². The number of H-pyrrole nitrogens is 1. The summed E-state index contributed by atoms with van der Waals surface area (Å²) in [6.45, 7) is 0. The largest absolute Gasteiger partial charge is 0.477 e. The van der Waals surface area contributed by atoms with Gasteiger partial charge in [0.1, 0.15) is 18.3 Å². The molecule has 0 aliphatic rings. The lowest BCUT2D eigenvalue weighted by molar-refractivity contribution is 0.0690. The van der Waals surface area contributed by atoms with Crippen LogP contribution in [0.25, 0.3) is 16.9 Å². The first-order chi connectivity index (χ1) is 9.65. The summed E-state index contributed by atoms with van der Waals surface area (Å²) in [6, 6.07) is 7.02. The number of hydrogen-bond acceptors (Lipinski definition) is 4. The molecule has 0 amide bonds. The Morgan fingerprint density at radius 2 is 2.20 bits per heavy atom. The van der Waals surface area contributed by atoms with Crippen molar-refractivity contribution in [3.63, 3.8) is 0 Å². The van der Waals surface area contributed by atoms with Gasteiger partial charge in [-0.2, -0.15) is 10.2 Å². The number of carboxylic acid groups (broad SMARTS) is 1. The molecule has 0 atom stereocenters. The van der Waals surface area contributed by atoms with E-state index in [1.807, 2.05) is 18.2 Å². The summed E-state index contributed by atoms with van der Waals surface area (Å²) in [6.07, 6.45) is 3.05. The van der Waals surface area contributed by atoms with Gasteiger partial charge in [0.2, 0.25) is 0 Å². The van der Waals surface area contributed by atoms with Gasteiger partial charge in [0.15, 0.2) is 0 Å². The average molecular weight is 334 g/mol. The molecule has 0 unspecified atom stereocenters. The molecule has 0 saturated heterocycles. The summed E-state index contributed by atoms with van der Waals surface area (Å²) in [7, 11) is 0. The van der Waals surface area contributed by atoms with Crippen LogP contribution in [-0.2, 0) is 0 Å². The van der Waals surface area contributed by atoms with Crippen LogP contribution in [0.2, 0.25) is 0 Å². The predicted molar refractivity (Wildman–Crippen MR) is 73.6 cm³/mol. The summed E-state index contributed by atoms with van der Waals surface area (Å²) in [5.74, 6) is -1.04. The monoisotopic (exact) mass is 333 g/mol. The number of aromatic nitrogens is 5. The van der Waals surface area contributed by atoms with Crippen LogP contribution in [0.4, 0.5) is 0 Å². The summed E-state index contributed by atoms with van der Waals surface area (Å²) in [4.78, 5) is 14.7. The summed E-state index contributed by atoms with van der Waals surface area (Å²) in [5, 5.41) is 19.4. The van der Waals surface area contributed by atoms with E-state index in [2.05, 4.69) is 36.2 Å². The maximum absolute atomic E-state index is 10.8. The van der Waals surface area contributed by atoms with Gasteiger partial charge >= 0.3 is 5.97 Å². The highest BCUT2D eigenvalue weighted by molar-refractivity contribution is 9.10. The van der Waals surface area contributed by atoms with Crippen molar-refractivity contribution in [2.24, 2.45) is 0 Å². The topological polar surface area (TPSA) is 96.7 Å². The van der Waals surface area contributed by atoms with Gasteiger partial charge in [0.05, 0.1) is 11.4 Å². The summed E-state index contributed by atoms with van der Waals surface area (Å²) < 4.78 is 2.43. The number of rotatable bonds is 3. The Hall–Kier alpha value is -2.48. The third kappa shape index (κ3) is 2.21. The Kier molecular flexibility index (Phi) is 3.07. The van der Waals surface area contributed by atoms with Gasteiger partial charge in [-0.05, 0) is 34.1 Å². The number of carbonyl (C=O) groups is 1. The van der Waals surface area contributed by atoms with E-state index in [4.69, 9.17) is 5.11 Å². The first-order valence-electron chi connectivity index (χ1n) is 5.59. The molecule has 0 bridgehead atoms. The van der Waals surface area contributed by atoms with E-state index in [9.17, 15) is 4.79 Å². The van der Waals surface area contributed by atoms with Gasteiger partial charge in [-0.1, -0.05) is 6.07 Å². The number of hydrogen-bond donors (Lipinski definition) is 2. The third-order valence-corrected chi connectivity index (χ3v) is 3.35. The fourth-order valence-electron chi connectivity index (χ4n) is 1.76. The van der Waals surface area contributed by atoms with Crippen LogP contribution in [0.5, 0.6) is 0 Å². The molecule has 2 heterocycles. The zero-order chi connectivity index (χ0) is 14.1. The van der Waals surface area contributed by atoms with Crippen molar-refractivity contribution in [2.75, 3.05) is 0 Å². The van der Waals surface area contributed by atoms with Crippen molar-refractivity contribution in [3.05, 3.63) is 47.1 Å². The van der Waals surface area contributed by atoms with E-state index in [0.29, 0.717) is 5.69 Å². The van der Waals surface area contributed by atoms with Crippen molar-refractivity contribution < 1.29 is 9.90 Å². The number of halogens is 1. The van der Waals surface area contributed by atoms with Crippen LogP contribution >= 0.6 is 15.9 Å². The average Bonchev–Trinajstić information content (AvgIpc) is 3.10. The molecule has 2 N–H and O–H groups in total. The zero-order valence-electron chi connectivity index (χ0n) is 9.99. The van der Waals surface area contributed by atoms with Crippen LogP contribution in [0, 0.1) is 0 Å². The van der Waals surface area contributed by atoms with Crippen LogP contribution in [-0.4, -0.2) is 36.0 Å². The quantitative estimate of drug-likeness (QED) is 0.765. The lowest BCUT2D eigenvalue weighted by Gasteiger charge is -2.05. The van der Waals surface area contributed by atoms with Crippen molar-refractivity contribution in [2.45, 2.75) is 0 Å². The molecule has 0 radical (unpaired) electrons. The fraction of sp³-hybridized carbons (Fsp3) is 0. The predicted octanol–water partition coefficient (Wildman–Crippen LogP) is 2.12. The molecule has 8 heteroatoms. The Balaban J connectivity index is 1.99. The van der Waals surface area contributed by atoms with Crippen LogP contribution in [0.1, 0.15) is 10.5 Å². The van der Waals surface area contributed by atoms with E-state index < -0.39 is 5.97 Å². The number of nitrogens with one attached hydrogen (secondary N) is 1. The van der Waals surface area contributed by atoms with E-state index in [1.54, 1.807) is 11.0 Å². The first kappa shape index (κ1) is 12.5. The van der Waals surface area contributed by atoms with E-state index >= 15 is 0 Å². The van der Waals surface area contributed by atoms with Gasteiger partial charge in [-0.3, -0.25) is 5.10 Å². The molecule has 0 fully saturated rings. The van der Waals surface area contributed by atoms with E-state index in [-0.39, 0.29) is 5.69 Å². The number of benzene rings is 1. The fourth-order valence-corrected chi connectivity index (χ4v) is 2.32. The second-order valence-electron chi connectivity index (χ2n) is 3.98. The maximum Gasteiger partial charge on any atom is 0.353 e. The minimum atomic E-state index is -1.04. The standard InChI is InChI=1S/C12H8BrN5O2/c13-8-3-7(9-4-10(12(19)20)17-16-9)1-2-11(8)18-6-14-5-15-18/h1-6H,(H,16,17)(H,19,20). The summed E-state index contributed by atoms with van der Waals surface area (Å²) in [5.41, 5.74) is 2.24. The highest BCUT2D eigenvalue weighted by atomic mass is 79.9. The Bertz CT molecular complexity index is 766. The molecular formula is C12H8BrN5O2. The molecular weight excluding hydrogens is 326 g/mol. The molecule has 3 aromatic rings. The highest BCUT2D eigenvalue weighted by Gasteiger charge is 2.11. The summed E-state index contributed by atoms with van der Waals surface area (Å²) >= 11 is 3.46. The van der Waals surface area contributed by atoms with Gasteiger partial charge in [-0.15, -0.1) is 0 Å². The lowest BCUT2D eigenvalue weighted by atomic mass is 10.1. The van der Waals surface area contributed by atoms with Crippen molar-refractivity contribution in [1.82, 2.24) is 25.0 Å². The molecule has 20 heavy (non-hydrogen) atoms. The first-order valence-corrected chi connectivity index (χ1v) is 6.38. The normalized spacial score (nSPS) is 10.7. The van der Waals surface area contributed by atoms with E-state index in [1.165, 1.54) is 12.4 Å².